The first kappa shape index (κ1) is 29.0. The fourth-order valence-corrected chi connectivity index (χ4v) is 7.25. The molecular formula is C32H38F3N5O2. The zero-order valence-electron chi connectivity index (χ0n) is 24.4. The van der Waals surface area contributed by atoms with Gasteiger partial charge in [0.2, 0.25) is 0 Å². The van der Waals surface area contributed by atoms with Crippen LogP contribution < -0.4 is 0 Å². The molecule has 7 nitrogen and oxygen atoms in total. The summed E-state index contributed by atoms with van der Waals surface area (Å²) in [6, 6.07) is 9.83. The highest BCUT2D eigenvalue weighted by Crippen LogP contribution is 2.43. The van der Waals surface area contributed by atoms with E-state index >= 15 is 0 Å². The molecule has 1 amide bonds. The molecule has 2 fully saturated rings. The Morgan fingerprint density at radius 1 is 1.07 bits per heavy atom. The first-order valence-electron chi connectivity index (χ1n) is 14.9. The Kier molecular flexibility index (Phi) is 7.74. The molecule has 4 heterocycles. The van der Waals surface area contributed by atoms with Gasteiger partial charge in [0.05, 0.1) is 23.3 Å². The minimum absolute atomic E-state index is 0.0196. The summed E-state index contributed by atoms with van der Waals surface area (Å²) >= 11 is 0. The van der Waals surface area contributed by atoms with Gasteiger partial charge in [-0.2, -0.15) is 13.2 Å². The molecule has 3 atom stereocenters. The molecule has 0 unspecified atom stereocenters. The number of benzene rings is 1. The van der Waals surface area contributed by atoms with E-state index in [-0.39, 0.29) is 29.6 Å². The molecule has 1 aliphatic carbocycles. The molecule has 0 spiro atoms. The largest absolute Gasteiger partial charge is 0.416 e. The van der Waals surface area contributed by atoms with Gasteiger partial charge in [-0.25, -0.2) is 9.97 Å². The Bertz CT molecular complexity index is 1450. The summed E-state index contributed by atoms with van der Waals surface area (Å²) < 4.78 is 46.3. The quantitative estimate of drug-likeness (QED) is 0.405. The minimum atomic E-state index is -4.36. The van der Waals surface area contributed by atoms with Crippen LogP contribution in [0.2, 0.25) is 0 Å². The number of rotatable bonds is 5. The molecule has 0 radical (unpaired) electrons. The standard InChI is InChI=1S/C32H38F3N5O2/c1-4-42-27-19-22-18-23(32(33,34)35)7-8-24(22)28(27)40-17-16-39(20-21(40)2)31(3)10-14-38(15-11-31)30(41)26-9-13-37-29-25(26)6-5-12-36-29/h5-9,12-13,18,21,27-28H,4,10-11,14-17,19-20H2,1-3H3/t21-,27-,28+/m0/s1. The van der Waals surface area contributed by atoms with Crippen LogP contribution in [0.5, 0.6) is 0 Å². The first-order valence-corrected chi connectivity index (χ1v) is 14.9. The van der Waals surface area contributed by atoms with Crippen molar-refractivity contribution in [3.63, 3.8) is 0 Å². The van der Waals surface area contributed by atoms with E-state index in [4.69, 9.17) is 4.74 Å². The topological polar surface area (TPSA) is 61.8 Å². The Morgan fingerprint density at radius 3 is 2.55 bits per heavy atom. The summed E-state index contributed by atoms with van der Waals surface area (Å²) in [4.78, 5) is 29.0. The Morgan fingerprint density at radius 2 is 1.83 bits per heavy atom. The zero-order valence-corrected chi connectivity index (χ0v) is 24.4. The van der Waals surface area contributed by atoms with E-state index < -0.39 is 11.7 Å². The molecule has 3 aliphatic rings. The number of likely N-dealkylation sites (tertiary alicyclic amines) is 1. The molecule has 6 rings (SSSR count). The van der Waals surface area contributed by atoms with Crippen molar-refractivity contribution < 1.29 is 22.7 Å². The third kappa shape index (κ3) is 5.29. The summed E-state index contributed by atoms with van der Waals surface area (Å²) in [5.41, 5.74) is 2.29. The number of hydrogen-bond acceptors (Lipinski definition) is 6. The zero-order chi connectivity index (χ0) is 29.6. The number of amides is 1. The normalized spacial score (nSPS) is 25.1. The number of ether oxygens (including phenoxy) is 1. The van der Waals surface area contributed by atoms with Crippen molar-refractivity contribution in [2.24, 2.45) is 0 Å². The number of alkyl halides is 3. The number of piperazine rings is 1. The van der Waals surface area contributed by atoms with Gasteiger partial charge in [0.1, 0.15) is 0 Å². The fraction of sp³-hybridized carbons (Fsp3) is 0.531. The maximum absolute atomic E-state index is 13.5. The summed E-state index contributed by atoms with van der Waals surface area (Å²) in [7, 11) is 0. The van der Waals surface area contributed by atoms with Gasteiger partial charge in [-0.05, 0) is 75.1 Å². The number of carbonyl (C=O) groups is 1. The Labute approximate surface area is 244 Å². The highest BCUT2D eigenvalue weighted by molar-refractivity contribution is 6.05. The fourth-order valence-electron chi connectivity index (χ4n) is 7.25. The van der Waals surface area contributed by atoms with Gasteiger partial charge in [0, 0.05) is 75.1 Å². The van der Waals surface area contributed by atoms with Gasteiger partial charge in [0.15, 0.2) is 5.65 Å². The summed E-state index contributed by atoms with van der Waals surface area (Å²) in [6.07, 6.45) is 1.06. The van der Waals surface area contributed by atoms with Crippen LogP contribution in [-0.2, 0) is 17.3 Å². The van der Waals surface area contributed by atoms with Crippen LogP contribution in [0.1, 0.15) is 66.7 Å². The summed E-state index contributed by atoms with van der Waals surface area (Å²) in [5, 5.41) is 0.775. The maximum Gasteiger partial charge on any atom is 0.416 e. The highest BCUT2D eigenvalue weighted by Gasteiger charge is 2.45. The molecule has 42 heavy (non-hydrogen) atoms. The molecule has 224 valence electrons. The average molecular weight is 582 g/mol. The number of carbonyl (C=O) groups excluding carboxylic acids is 1. The van der Waals surface area contributed by atoms with Crippen LogP contribution in [0.25, 0.3) is 11.0 Å². The second-order valence-electron chi connectivity index (χ2n) is 12.1. The number of aromatic nitrogens is 2. The number of nitrogens with zero attached hydrogens (tertiary/aromatic N) is 5. The number of hydrogen-bond donors (Lipinski definition) is 0. The second kappa shape index (κ2) is 11.2. The van der Waals surface area contributed by atoms with Crippen molar-refractivity contribution in [2.45, 2.75) is 69.9 Å². The average Bonchev–Trinajstić information content (AvgIpc) is 3.33. The van der Waals surface area contributed by atoms with Crippen LogP contribution in [0, 0.1) is 0 Å². The maximum atomic E-state index is 13.5. The third-order valence-electron chi connectivity index (χ3n) is 9.62. The summed E-state index contributed by atoms with van der Waals surface area (Å²) in [6.45, 7) is 10.9. The molecule has 1 aromatic carbocycles. The number of pyridine rings is 2. The molecule has 2 saturated heterocycles. The Hall–Kier alpha value is -3.08. The van der Waals surface area contributed by atoms with Gasteiger partial charge in [-0.15, -0.1) is 0 Å². The van der Waals surface area contributed by atoms with Crippen molar-refractivity contribution in [1.82, 2.24) is 24.7 Å². The molecule has 0 saturated carbocycles. The predicted octanol–water partition coefficient (Wildman–Crippen LogP) is 5.35. The third-order valence-corrected chi connectivity index (χ3v) is 9.62. The van der Waals surface area contributed by atoms with E-state index in [1.54, 1.807) is 24.5 Å². The van der Waals surface area contributed by atoms with Gasteiger partial charge in [-0.1, -0.05) is 6.07 Å². The van der Waals surface area contributed by atoms with E-state index in [1.165, 1.54) is 12.1 Å². The van der Waals surface area contributed by atoms with E-state index in [0.29, 0.717) is 37.3 Å². The van der Waals surface area contributed by atoms with Crippen molar-refractivity contribution >= 4 is 16.9 Å². The van der Waals surface area contributed by atoms with Gasteiger partial charge in [0.25, 0.3) is 5.91 Å². The lowest BCUT2D eigenvalue weighted by molar-refractivity contribution is -0.137. The lowest BCUT2D eigenvalue weighted by atomic mass is 9.86. The lowest BCUT2D eigenvalue weighted by Gasteiger charge is -2.53. The van der Waals surface area contributed by atoms with Gasteiger partial charge >= 0.3 is 6.18 Å². The van der Waals surface area contributed by atoms with Gasteiger partial charge in [-0.3, -0.25) is 14.6 Å². The molecule has 2 aliphatic heterocycles. The van der Waals surface area contributed by atoms with Crippen LogP contribution >= 0.6 is 0 Å². The van der Waals surface area contributed by atoms with Crippen molar-refractivity contribution in [1.29, 1.82) is 0 Å². The SMILES string of the molecule is CCO[C@H]1Cc2cc(C(F)(F)F)ccc2[C@H]1N1CCN(C2(C)CCN(C(=O)c3ccnc4ncccc34)CC2)C[C@@H]1C. The first-order chi connectivity index (χ1) is 20.1. The lowest BCUT2D eigenvalue weighted by Crippen LogP contribution is -2.62. The van der Waals surface area contributed by atoms with E-state index in [1.807, 2.05) is 24.0 Å². The number of halogens is 3. The van der Waals surface area contributed by atoms with E-state index in [9.17, 15) is 18.0 Å². The molecule has 2 aromatic heterocycles. The van der Waals surface area contributed by atoms with Gasteiger partial charge < -0.3 is 9.64 Å². The Balaban J connectivity index is 1.13. The van der Waals surface area contributed by atoms with Crippen LogP contribution in [-0.4, -0.2) is 87.6 Å². The number of fused-ring (bicyclic) bond motifs is 2. The second-order valence-corrected chi connectivity index (χ2v) is 12.1. The molecule has 0 bridgehead atoms. The monoisotopic (exact) mass is 581 g/mol. The van der Waals surface area contributed by atoms with Crippen LogP contribution in [0.15, 0.2) is 48.8 Å². The van der Waals surface area contributed by atoms with Crippen molar-refractivity contribution in [3.8, 4) is 0 Å². The van der Waals surface area contributed by atoms with Crippen LogP contribution in [0.4, 0.5) is 13.2 Å². The molecule has 10 heteroatoms. The molecule has 3 aromatic rings. The minimum Gasteiger partial charge on any atom is -0.376 e. The molecule has 0 N–H and O–H groups in total. The van der Waals surface area contributed by atoms with Crippen molar-refractivity contribution in [3.05, 3.63) is 71.0 Å². The van der Waals surface area contributed by atoms with Crippen LogP contribution in [0.3, 0.4) is 0 Å². The smallest absolute Gasteiger partial charge is 0.376 e. The van der Waals surface area contributed by atoms with E-state index in [2.05, 4.69) is 33.6 Å². The summed E-state index contributed by atoms with van der Waals surface area (Å²) in [5.74, 6) is 0.0196. The number of piperidine rings is 1. The van der Waals surface area contributed by atoms with Crippen molar-refractivity contribution in [2.75, 3.05) is 39.3 Å². The highest BCUT2D eigenvalue weighted by atomic mass is 19.4. The van der Waals surface area contributed by atoms with E-state index in [0.717, 1.165) is 49.0 Å². The predicted molar refractivity (Wildman–Crippen MR) is 154 cm³/mol. The molecular weight excluding hydrogens is 543 g/mol.